The molecule has 5 heteroatoms. The summed E-state index contributed by atoms with van der Waals surface area (Å²) in [5.74, 6) is -1.30. The van der Waals surface area contributed by atoms with Crippen LogP contribution in [0, 0.1) is 6.92 Å². The monoisotopic (exact) mass is 327 g/mol. The lowest BCUT2D eigenvalue weighted by Crippen LogP contribution is -2.49. The summed E-state index contributed by atoms with van der Waals surface area (Å²) < 4.78 is 1.03. The molecule has 4 nitrogen and oxygen atoms in total. The van der Waals surface area contributed by atoms with E-state index in [9.17, 15) is 9.59 Å². The number of carbonyl (C=O) groups excluding carboxylic acids is 1. The fourth-order valence-electron chi connectivity index (χ4n) is 1.58. The molecule has 0 aliphatic heterocycles. The van der Waals surface area contributed by atoms with Crippen molar-refractivity contribution < 1.29 is 14.7 Å². The molecule has 1 aromatic rings. The van der Waals surface area contributed by atoms with E-state index in [-0.39, 0.29) is 12.3 Å². The first-order valence-electron chi connectivity index (χ1n) is 6.02. The van der Waals surface area contributed by atoms with Gasteiger partial charge >= 0.3 is 5.97 Å². The van der Waals surface area contributed by atoms with Crippen molar-refractivity contribution in [1.29, 1.82) is 0 Å². The molecule has 0 aliphatic rings. The molecule has 1 aromatic carbocycles. The van der Waals surface area contributed by atoms with E-state index < -0.39 is 11.5 Å². The van der Waals surface area contributed by atoms with Crippen molar-refractivity contribution in [3.05, 3.63) is 33.8 Å². The predicted octanol–water partition coefficient (Wildman–Crippen LogP) is 2.67. The molecule has 0 unspecified atom stereocenters. The van der Waals surface area contributed by atoms with Crippen LogP contribution in [0.2, 0.25) is 0 Å². The Balaban J connectivity index is 2.55. The number of hydrogen-bond donors (Lipinski definition) is 2. The Morgan fingerprint density at radius 3 is 2.53 bits per heavy atom. The van der Waals surface area contributed by atoms with Crippen molar-refractivity contribution in [3.63, 3.8) is 0 Å². The van der Waals surface area contributed by atoms with Crippen LogP contribution in [-0.4, -0.2) is 22.5 Å². The van der Waals surface area contributed by atoms with Crippen molar-refractivity contribution in [2.45, 2.75) is 39.2 Å². The maximum absolute atomic E-state index is 11.7. The van der Waals surface area contributed by atoms with Gasteiger partial charge < -0.3 is 10.4 Å². The first kappa shape index (κ1) is 15.7. The minimum atomic E-state index is -1.23. The molecule has 0 aliphatic carbocycles. The third-order valence-corrected chi connectivity index (χ3v) is 3.74. The van der Waals surface area contributed by atoms with Gasteiger partial charge in [-0.3, -0.25) is 4.79 Å². The van der Waals surface area contributed by atoms with Gasteiger partial charge in [-0.1, -0.05) is 28.1 Å². The van der Waals surface area contributed by atoms with E-state index in [1.807, 2.05) is 25.1 Å². The van der Waals surface area contributed by atoms with Gasteiger partial charge in [0.1, 0.15) is 5.54 Å². The average molecular weight is 328 g/mol. The lowest BCUT2D eigenvalue weighted by Gasteiger charge is -2.20. The zero-order chi connectivity index (χ0) is 14.6. The molecule has 0 heterocycles. The second-order valence-corrected chi connectivity index (χ2v) is 5.92. The van der Waals surface area contributed by atoms with Crippen LogP contribution in [0.1, 0.15) is 31.4 Å². The Morgan fingerprint density at radius 2 is 2.00 bits per heavy atom. The van der Waals surface area contributed by atoms with Gasteiger partial charge in [-0.25, -0.2) is 4.79 Å². The minimum Gasteiger partial charge on any atom is -0.480 e. The van der Waals surface area contributed by atoms with Crippen molar-refractivity contribution >= 4 is 27.8 Å². The van der Waals surface area contributed by atoms with E-state index in [0.29, 0.717) is 6.42 Å². The van der Waals surface area contributed by atoms with Crippen LogP contribution in [-0.2, 0) is 16.0 Å². The molecular weight excluding hydrogens is 310 g/mol. The molecule has 0 saturated carbocycles. The lowest BCUT2D eigenvalue weighted by molar-refractivity contribution is -0.146. The molecule has 0 spiro atoms. The van der Waals surface area contributed by atoms with Crippen molar-refractivity contribution in [1.82, 2.24) is 5.32 Å². The number of aryl methyl sites for hydroxylation is 2. The number of halogens is 1. The zero-order valence-electron chi connectivity index (χ0n) is 11.3. The van der Waals surface area contributed by atoms with Gasteiger partial charge in [0.05, 0.1) is 0 Å². The molecule has 1 rings (SSSR count). The molecule has 0 atom stereocenters. The van der Waals surface area contributed by atoms with Gasteiger partial charge in [0, 0.05) is 10.9 Å². The van der Waals surface area contributed by atoms with Gasteiger partial charge in [0.15, 0.2) is 0 Å². The van der Waals surface area contributed by atoms with Crippen molar-refractivity contribution in [3.8, 4) is 0 Å². The SMILES string of the molecule is Cc1cc(CCC(=O)NC(C)(C)C(=O)O)ccc1Br. The van der Waals surface area contributed by atoms with E-state index in [1.54, 1.807) is 0 Å². The molecule has 2 N–H and O–H groups in total. The van der Waals surface area contributed by atoms with E-state index in [0.717, 1.165) is 15.6 Å². The first-order valence-corrected chi connectivity index (χ1v) is 6.81. The number of nitrogens with one attached hydrogen (secondary N) is 1. The average Bonchev–Trinajstić information content (AvgIpc) is 2.30. The molecule has 0 radical (unpaired) electrons. The third kappa shape index (κ3) is 4.67. The number of rotatable bonds is 5. The van der Waals surface area contributed by atoms with Crippen LogP contribution in [0.5, 0.6) is 0 Å². The fourth-order valence-corrected chi connectivity index (χ4v) is 1.83. The maximum Gasteiger partial charge on any atom is 0.328 e. The number of hydrogen-bond acceptors (Lipinski definition) is 2. The molecule has 0 bridgehead atoms. The molecule has 0 aromatic heterocycles. The highest BCUT2D eigenvalue weighted by Gasteiger charge is 2.28. The molecule has 1 amide bonds. The van der Waals surface area contributed by atoms with Crippen LogP contribution in [0.4, 0.5) is 0 Å². The Hall–Kier alpha value is -1.36. The normalized spacial score (nSPS) is 11.2. The Bertz CT molecular complexity index is 497. The topological polar surface area (TPSA) is 66.4 Å². The highest BCUT2D eigenvalue weighted by molar-refractivity contribution is 9.10. The number of aliphatic carboxylic acids is 1. The van der Waals surface area contributed by atoms with E-state index in [4.69, 9.17) is 5.11 Å². The largest absolute Gasteiger partial charge is 0.480 e. The molecule has 19 heavy (non-hydrogen) atoms. The summed E-state index contributed by atoms with van der Waals surface area (Å²) >= 11 is 3.42. The highest BCUT2D eigenvalue weighted by atomic mass is 79.9. The Morgan fingerprint density at radius 1 is 1.37 bits per heavy atom. The highest BCUT2D eigenvalue weighted by Crippen LogP contribution is 2.18. The van der Waals surface area contributed by atoms with Crippen molar-refractivity contribution in [2.75, 3.05) is 0 Å². The van der Waals surface area contributed by atoms with Crippen LogP contribution in [0.3, 0.4) is 0 Å². The summed E-state index contributed by atoms with van der Waals surface area (Å²) in [5.41, 5.74) is 0.944. The van der Waals surface area contributed by atoms with Gasteiger partial charge in [0.25, 0.3) is 0 Å². The molecule has 0 saturated heterocycles. The summed E-state index contributed by atoms with van der Waals surface area (Å²) in [6.07, 6.45) is 0.868. The molecule has 0 fully saturated rings. The van der Waals surface area contributed by atoms with Gasteiger partial charge in [-0.05, 0) is 44.4 Å². The number of carboxylic acid groups (broad SMARTS) is 1. The van der Waals surface area contributed by atoms with Gasteiger partial charge in [0.2, 0.25) is 5.91 Å². The standard InChI is InChI=1S/C14H18BrNO3/c1-9-8-10(4-6-11(9)15)5-7-12(17)16-14(2,3)13(18)19/h4,6,8H,5,7H2,1-3H3,(H,16,17)(H,18,19). The fraction of sp³-hybridized carbons (Fsp3) is 0.429. The Labute approximate surface area is 121 Å². The second kappa shape index (κ2) is 6.19. The predicted molar refractivity (Wildman–Crippen MR) is 77.1 cm³/mol. The molecular formula is C14H18BrNO3. The number of carbonyl (C=O) groups is 2. The smallest absolute Gasteiger partial charge is 0.328 e. The second-order valence-electron chi connectivity index (χ2n) is 5.06. The minimum absolute atomic E-state index is 0.257. The summed E-state index contributed by atoms with van der Waals surface area (Å²) in [6.45, 7) is 4.93. The summed E-state index contributed by atoms with van der Waals surface area (Å²) in [6, 6.07) is 5.91. The summed E-state index contributed by atoms with van der Waals surface area (Å²) in [4.78, 5) is 22.6. The summed E-state index contributed by atoms with van der Waals surface area (Å²) in [5, 5.41) is 11.4. The Kier molecular flexibility index (Phi) is 5.11. The van der Waals surface area contributed by atoms with E-state index in [2.05, 4.69) is 21.2 Å². The quantitative estimate of drug-likeness (QED) is 0.873. The summed E-state index contributed by atoms with van der Waals surface area (Å²) in [7, 11) is 0. The van der Waals surface area contributed by atoms with Crippen LogP contribution >= 0.6 is 15.9 Å². The number of benzene rings is 1. The molecule has 104 valence electrons. The van der Waals surface area contributed by atoms with Gasteiger partial charge in [-0.2, -0.15) is 0 Å². The lowest BCUT2D eigenvalue weighted by atomic mass is 10.0. The van der Waals surface area contributed by atoms with Crippen LogP contribution in [0.15, 0.2) is 22.7 Å². The van der Waals surface area contributed by atoms with Crippen LogP contribution < -0.4 is 5.32 Å². The van der Waals surface area contributed by atoms with Crippen LogP contribution in [0.25, 0.3) is 0 Å². The van der Waals surface area contributed by atoms with Gasteiger partial charge in [-0.15, -0.1) is 0 Å². The third-order valence-electron chi connectivity index (χ3n) is 2.85. The van der Waals surface area contributed by atoms with Crippen molar-refractivity contribution in [2.24, 2.45) is 0 Å². The zero-order valence-corrected chi connectivity index (χ0v) is 12.9. The maximum atomic E-state index is 11.7. The number of carboxylic acids is 1. The first-order chi connectivity index (χ1) is 8.72. The number of amides is 1. The van der Waals surface area contributed by atoms with E-state index >= 15 is 0 Å². The van der Waals surface area contributed by atoms with E-state index in [1.165, 1.54) is 13.8 Å².